The van der Waals surface area contributed by atoms with E-state index >= 15 is 0 Å². The molecule has 0 unspecified atom stereocenters. The summed E-state index contributed by atoms with van der Waals surface area (Å²) in [5.74, 6) is -0.131. The van der Waals surface area contributed by atoms with E-state index in [0.29, 0.717) is 30.0 Å². The van der Waals surface area contributed by atoms with Crippen molar-refractivity contribution in [2.45, 2.75) is 38.5 Å². The molecular formula is C23H26N2O5S. The van der Waals surface area contributed by atoms with Gasteiger partial charge in [-0.2, -0.15) is 0 Å². The summed E-state index contributed by atoms with van der Waals surface area (Å²) >= 11 is 0. The van der Waals surface area contributed by atoms with Gasteiger partial charge in [0.25, 0.3) is 10.0 Å². The fraction of sp³-hybridized carbons (Fsp3) is 0.391. The summed E-state index contributed by atoms with van der Waals surface area (Å²) in [5, 5.41) is 0. The van der Waals surface area contributed by atoms with Crippen molar-refractivity contribution in [1.82, 2.24) is 0 Å². The maximum atomic E-state index is 13.3. The Hall–Kier alpha value is -2.87. The van der Waals surface area contributed by atoms with Gasteiger partial charge in [-0.1, -0.05) is 26.8 Å². The SMILES string of the molecule is COc1cccc(NS(=O)(=O)c2ccc(N3C(=O)[C@H]4CC[C@@](C)(C3=O)C4(C)C)cc2)c1. The first-order valence-corrected chi connectivity index (χ1v) is 11.6. The monoisotopic (exact) mass is 442 g/mol. The number of imide groups is 1. The van der Waals surface area contributed by atoms with Gasteiger partial charge in [0.1, 0.15) is 5.75 Å². The van der Waals surface area contributed by atoms with E-state index < -0.39 is 20.9 Å². The quantitative estimate of drug-likeness (QED) is 0.711. The zero-order valence-electron chi connectivity index (χ0n) is 18.0. The average Bonchev–Trinajstić information content (AvgIpc) is 2.91. The van der Waals surface area contributed by atoms with E-state index in [1.807, 2.05) is 20.8 Å². The van der Waals surface area contributed by atoms with Crippen LogP contribution in [0.1, 0.15) is 33.6 Å². The van der Waals surface area contributed by atoms with Gasteiger partial charge in [-0.05, 0) is 54.7 Å². The summed E-state index contributed by atoms with van der Waals surface area (Å²) in [6.45, 7) is 5.89. The number of ether oxygens (including phenoxy) is 1. The van der Waals surface area contributed by atoms with Crippen LogP contribution in [0.25, 0.3) is 0 Å². The van der Waals surface area contributed by atoms with Crippen LogP contribution in [0.2, 0.25) is 0 Å². The average molecular weight is 443 g/mol. The molecule has 31 heavy (non-hydrogen) atoms. The second-order valence-corrected chi connectivity index (χ2v) is 10.6. The predicted molar refractivity (Wildman–Crippen MR) is 117 cm³/mol. The minimum absolute atomic E-state index is 0.0329. The number of fused-ring (bicyclic) bond motifs is 2. The second kappa shape index (κ2) is 7.09. The molecule has 1 saturated heterocycles. The fourth-order valence-corrected chi connectivity index (χ4v) is 5.79. The summed E-state index contributed by atoms with van der Waals surface area (Å²) in [4.78, 5) is 27.6. The topological polar surface area (TPSA) is 92.8 Å². The van der Waals surface area contributed by atoms with Crippen molar-refractivity contribution < 1.29 is 22.7 Å². The zero-order valence-corrected chi connectivity index (χ0v) is 18.8. The van der Waals surface area contributed by atoms with Crippen molar-refractivity contribution in [2.75, 3.05) is 16.7 Å². The number of carbonyl (C=O) groups is 2. The highest BCUT2D eigenvalue weighted by atomic mass is 32.2. The Balaban J connectivity index is 1.61. The molecule has 1 saturated carbocycles. The Bertz CT molecular complexity index is 1160. The van der Waals surface area contributed by atoms with Gasteiger partial charge in [-0.15, -0.1) is 0 Å². The molecule has 2 aliphatic rings. The molecule has 2 bridgehead atoms. The number of methoxy groups -OCH3 is 1. The molecule has 2 fully saturated rings. The summed E-state index contributed by atoms with van der Waals surface area (Å²) in [6, 6.07) is 12.4. The first kappa shape index (κ1) is 21.4. The molecule has 2 aromatic carbocycles. The van der Waals surface area contributed by atoms with Gasteiger partial charge in [0.05, 0.1) is 28.8 Å². The summed E-state index contributed by atoms with van der Waals surface area (Å²) in [5.41, 5.74) is -0.258. The lowest BCUT2D eigenvalue weighted by Gasteiger charge is -2.47. The Morgan fingerprint density at radius 2 is 1.74 bits per heavy atom. The van der Waals surface area contributed by atoms with Crippen LogP contribution in [0.15, 0.2) is 53.4 Å². The maximum absolute atomic E-state index is 13.3. The number of anilines is 2. The zero-order chi connectivity index (χ0) is 22.6. The Morgan fingerprint density at radius 1 is 1.06 bits per heavy atom. The standard InChI is InChI=1S/C23H26N2O5S/c1-22(2)19-12-13-23(22,3)21(27)25(20(19)26)16-8-10-18(11-9-16)31(28,29)24-15-6-5-7-17(14-15)30-4/h5-11,14,19,24H,12-13H2,1-4H3/t19-,23+/m1/s1. The van der Waals surface area contributed by atoms with Crippen LogP contribution in [0, 0.1) is 16.7 Å². The van der Waals surface area contributed by atoms with E-state index in [0.717, 1.165) is 0 Å². The van der Waals surface area contributed by atoms with Crippen molar-refractivity contribution in [2.24, 2.45) is 16.7 Å². The molecule has 0 radical (unpaired) electrons. The van der Waals surface area contributed by atoms with Gasteiger partial charge in [-0.3, -0.25) is 14.3 Å². The van der Waals surface area contributed by atoms with Gasteiger partial charge >= 0.3 is 0 Å². The number of hydrogen-bond donors (Lipinski definition) is 1. The van der Waals surface area contributed by atoms with E-state index in [2.05, 4.69) is 4.72 Å². The predicted octanol–water partition coefficient (Wildman–Crippen LogP) is 3.81. The first-order valence-electron chi connectivity index (χ1n) is 10.2. The van der Waals surface area contributed by atoms with Crippen LogP contribution in [0.4, 0.5) is 11.4 Å². The molecule has 4 rings (SSSR count). The van der Waals surface area contributed by atoms with Gasteiger partial charge < -0.3 is 4.74 Å². The molecule has 164 valence electrons. The van der Waals surface area contributed by atoms with E-state index in [-0.39, 0.29) is 22.6 Å². The Labute approximate surface area is 182 Å². The van der Waals surface area contributed by atoms with Gasteiger partial charge in [0.2, 0.25) is 11.8 Å². The number of hydrogen-bond acceptors (Lipinski definition) is 5. The van der Waals surface area contributed by atoms with E-state index in [1.54, 1.807) is 24.3 Å². The van der Waals surface area contributed by atoms with Crippen LogP contribution in [-0.4, -0.2) is 27.3 Å². The maximum Gasteiger partial charge on any atom is 0.261 e. The van der Waals surface area contributed by atoms with Crippen LogP contribution < -0.4 is 14.4 Å². The van der Waals surface area contributed by atoms with Gasteiger partial charge in [0, 0.05) is 12.0 Å². The molecule has 1 aliphatic carbocycles. The smallest absolute Gasteiger partial charge is 0.261 e. The van der Waals surface area contributed by atoms with Crippen LogP contribution in [0.3, 0.4) is 0 Å². The minimum Gasteiger partial charge on any atom is -0.497 e. The number of sulfonamides is 1. The van der Waals surface area contributed by atoms with Crippen molar-refractivity contribution in [3.05, 3.63) is 48.5 Å². The number of nitrogens with one attached hydrogen (secondary N) is 1. The number of piperidine rings is 1. The normalized spacial score (nSPS) is 24.9. The molecule has 0 spiro atoms. The number of rotatable bonds is 5. The highest BCUT2D eigenvalue weighted by Gasteiger charge is 2.64. The third-order valence-electron chi connectivity index (χ3n) is 7.15. The number of carbonyl (C=O) groups excluding carboxylic acids is 2. The summed E-state index contributed by atoms with van der Waals surface area (Å²) < 4.78 is 33.2. The van der Waals surface area contributed by atoms with Gasteiger partial charge in [-0.25, -0.2) is 13.3 Å². The van der Waals surface area contributed by atoms with Crippen LogP contribution >= 0.6 is 0 Å². The molecule has 2 amide bonds. The molecule has 1 heterocycles. The highest BCUT2D eigenvalue weighted by Crippen LogP contribution is 2.60. The largest absolute Gasteiger partial charge is 0.497 e. The molecule has 8 heteroatoms. The lowest BCUT2D eigenvalue weighted by Crippen LogP contribution is -2.59. The van der Waals surface area contributed by atoms with Crippen molar-refractivity contribution in [3.63, 3.8) is 0 Å². The number of benzene rings is 2. The van der Waals surface area contributed by atoms with E-state index in [1.165, 1.54) is 36.3 Å². The second-order valence-electron chi connectivity index (χ2n) is 8.96. The van der Waals surface area contributed by atoms with Crippen LogP contribution in [0.5, 0.6) is 5.75 Å². The first-order chi connectivity index (χ1) is 14.5. The lowest BCUT2D eigenvalue weighted by atomic mass is 9.62. The Morgan fingerprint density at radius 3 is 2.39 bits per heavy atom. The molecular weight excluding hydrogens is 416 g/mol. The van der Waals surface area contributed by atoms with Crippen LogP contribution in [-0.2, 0) is 19.6 Å². The minimum atomic E-state index is -3.85. The van der Waals surface area contributed by atoms with Gasteiger partial charge in [0.15, 0.2) is 0 Å². The number of nitrogens with zero attached hydrogens (tertiary/aromatic N) is 1. The summed E-state index contributed by atoms with van der Waals surface area (Å²) in [6.07, 6.45) is 1.35. The van der Waals surface area contributed by atoms with Crippen molar-refractivity contribution >= 4 is 33.2 Å². The van der Waals surface area contributed by atoms with E-state index in [9.17, 15) is 18.0 Å². The van der Waals surface area contributed by atoms with Crippen molar-refractivity contribution in [1.29, 1.82) is 0 Å². The third kappa shape index (κ3) is 3.20. The molecule has 1 aliphatic heterocycles. The molecule has 2 aromatic rings. The number of amides is 2. The molecule has 0 aromatic heterocycles. The Kier molecular flexibility index (Phi) is 4.88. The molecule has 2 atom stereocenters. The lowest BCUT2D eigenvalue weighted by molar-refractivity contribution is -0.146. The van der Waals surface area contributed by atoms with E-state index in [4.69, 9.17) is 4.74 Å². The third-order valence-corrected chi connectivity index (χ3v) is 8.54. The summed E-state index contributed by atoms with van der Waals surface area (Å²) in [7, 11) is -2.34. The highest BCUT2D eigenvalue weighted by molar-refractivity contribution is 7.92. The fourth-order valence-electron chi connectivity index (χ4n) is 4.74. The van der Waals surface area contributed by atoms with Crippen molar-refractivity contribution in [3.8, 4) is 5.75 Å². The molecule has 7 nitrogen and oxygen atoms in total. The molecule has 1 N–H and O–H groups in total.